The molecule has 2 heteroatoms. The van der Waals surface area contributed by atoms with E-state index >= 15 is 0 Å². The Labute approximate surface area is 96.0 Å². The molecule has 2 aromatic rings. The quantitative estimate of drug-likeness (QED) is 0.780. The first-order valence-electron chi connectivity index (χ1n) is 5.43. The standard InChI is InChI=1S/C14H17NO/c1-10-8-9-13(14(2,3)16-15)12-7-5-4-6-11(10)12/h4-9H,15H2,1-3H3. The lowest BCUT2D eigenvalue weighted by Crippen LogP contribution is -2.25. The van der Waals surface area contributed by atoms with Crippen molar-refractivity contribution >= 4 is 10.8 Å². The zero-order chi connectivity index (χ0) is 11.8. The minimum atomic E-state index is -0.465. The SMILES string of the molecule is Cc1ccc(C(C)(C)ON)c2ccccc12. The highest BCUT2D eigenvalue weighted by molar-refractivity contribution is 5.89. The van der Waals surface area contributed by atoms with Crippen molar-refractivity contribution in [3.63, 3.8) is 0 Å². The predicted molar refractivity (Wildman–Crippen MR) is 67.0 cm³/mol. The minimum Gasteiger partial charge on any atom is -0.294 e. The van der Waals surface area contributed by atoms with Gasteiger partial charge in [-0.1, -0.05) is 36.4 Å². The smallest absolute Gasteiger partial charge is 0.109 e. The first-order valence-corrected chi connectivity index (χ1v) is 5.43. The van der Waals surface area contributed by atoms with Gasteiger partial charge < -0.3 is 0 Å². The van der Waals surface area contributed by atoms with E-state index in [0.29, 0.717) is 0 Å². The third-order valence-corrected chi connectivity index (χ3v) is 3.09. The molecule has 0 heterocycles. The summed E-state index contributed by atoms with van der Waals surface area (Å²) < 4.78 is 0. The summed E-state index contributed by atoms with van der Waals surface area (Å²) in [5, 5.41) is 2.46. The number of benzene rings is 2. The molecule has 84 valence electrons. The van der Waals surface area contributed by atoms with Crippen LogP contribution in [-0.2, 0) is 10.4 Å². The molecule has 0 saturated carbocycles. The summed E-state index contributed by atoms with van der Waals surface area (Å²) in [6.07, 6.45) is 0. The van der Waals surface area contributed by atoms with Crippen molar-refractivity contribution in [3.8, 4) is 0 Å². The van der Waals surface area contributed by atoms with Crippen LogP contribution in [0, 0.1) is 6.92 Å². The maximum Gasteiger partial charge on any atom is 0.109 e. The molecule has 0 aliphatic carbocycles. The number of hydrogen-bond donors (Lipinski definition) is 1. The highest BCUT2D eigenvalue weighted by Crippen LogP contribution is 2.31. The average molecular weight is 215 g/mol. The van der Waals surface area contributed by atoms with E-state index in [9.17, 15) is 0 Å². The van der Waals surface area contributed by atoms with Gasteiger partial charge in [-0.05, 0) is 42.7 Å². The van der Waals surface area contributed by atoms with Crippen molar-refractivity contribution in [2.45, 2.75) is 26.4 Å². The molecule has 0 unspecified atom stereocenters. The molecular formula is C14H17NO. The van der Waals surface area contributed by atoms with E-state index in [0.717, 1.165) is 5.56 Å². The third kappa shape index (κ3) is 1.70. The molecule has 2 aromatic carbocycles. The van der Waals surface area contributed by atoms with Crippen LogP contribution in [-0.4, -0.2) is 0 Å². The van der Waals surface area contributed by atoms with E-state index in [1.165, 1.54) is 16.3 Å². The Bertz CT molecular complexity index is 517. The van der Waals surface area contributed by atoms with Gasteiger partial charge in [-0.25, -0.2) is 5.90 Å². The zero-order valence-electron chi connectivity index (χ0n) is 9.95. The van der Waals surface area contributed by atoms with E-state index < -0.39 is 5.60 Å². The summed E-state index contributed by atoms with van der Waals surface area (Å²) in [7, 11) is 0. The Morgan fingerprint density at radius 1 is 1.00 bits per heavy atom. The molecule has 0 aliphatic heterocycles. The Morgan fingerprint density at radius 2 is 1.62 bits per heavy atom. The predicted octanol–water partition coefficient (Wildman–Crippen LogP) is 3.27. The monoisotopic (exact) mass is 215 g/mol. The van der Waals surface area contributed by atoms with Gasteiger partial charge in [-0.2, -0.15) is 0 Å². The lowest BCUT2D eigenvalue weighted by molar-refractivity contribution is -0.0225. The van der Waals surface area contributed by atoms with Gasteiger partial charge in [0, 0.05) is 0 Å². The number of rotatable bonds is 2. The molecule has 0 fully saturated rings. The molecule has 0 bridgehead atoms. The molecule has 0 atom stereocenters. The Morgan fingerprint density at radius 3 is 2.25 bits per heavy atom. The summed E-state index contributed by atoms with van der Waals surface area (Å²) in [6.45, 7) is 6.07. The second-order valence-corrected chi connectivity index (χ2v) is 4.60. The van der Waals surface area contributed by atoms with Crippen LogP contribution in [0.3, 0.4) is 0 Å². The van der Waals surface area contributed by atoms with Gasteiger partial charge in [0.2, 0.25) is 0 Å². The van der Waals surface area contributed by atoms with Crippen molar-refractivity contribution < 1.29 is 4.84 Å². The Kier molecular flexibility index (Phi) is 2.70. The fourth-order valence-corrected chi connectivity index (χ4v) is 2.04. The van der Waals surface area contributed by atoms with Crippen LogP contribution in [0.25, 0.3) is 10.8 Å². The van der Waals surface area contributed by atoms with Gasteiger partial charge >= 0.3 is 0 Å². The first kappa shape index (κ1) is 11.1. The lowest BCUT2D eigenvalue weighted by Gasteiger charge is -2.24. The van der Waals surface area contributed by atoms with Gasteiger partial charge in [0.15, 0.2) is 0 Å². The molecule has 0 radical (unpaired) electrons. The minimum absolute atomic E-state index is 0.465. The molecule has 0 aliphatic rings. The second-order valence-electron chi connectivity index (χ2n) is 4.60. The van der Waals surface area contributed by atoms with Crippen molar-refractivity contribution in [3.05, 3.63) is 47.5 Å². The van der Waals surface area contributed by atoms with Crippen molar-refractivity contribution in [2.24, 2.45) is 5.90 Å². The maximum atomic E-state index is 5.37. The van der Waals surface area contributed by atoms with Crippen LogP contribution in [0.5, 0.6) is 0 Å². The van der Waals surface area contributed by atoms with E-state index in [1.807, 2.05) is 19.9 Å². The van der Waals surface area contributed by atoms with Gasteiger partial charge in [0.25, 0.3) is 0 Å². The van der Waals surface area contributed by atoms with Crippen LogP contribution in [0.15, 0.2) is 36.4 Å². The van der Waals surface area contributed by atoms with Crippen LogP contribution in [0.4, 0.5) is 0 Å². The highest BCUT2D eigenvalue weighted by atomic mass is 16.6. The van der Waals surface area contributed by atoms with E-state index in [4.69, 9.17) is 10.7 Å². The molecule has 2 rings (SSSR count). The van der Waals surface area contributed by atoms with Crippen LogP contribution >= 0.6 is 0 Å². The topological polar surface area (TPSA) is 35.2 Å². The number of aryl methyl sites for hydroxylation is 1. The molecule has 0 aromatic heterocycles. The average Bonchev–Trinajstić information content (AvgIpc) is 2.29. The van der Waals surface area contributed by atoms with Gasteiger partial charge in [-0.3, -0.25) is 4.84 Å². The summed E-state index contributed by atoms with van der Waals surface area (Å²) in [6, 6.07) is 12.5. The molecule has 0 amide bonds. The van der Waals surface area contributed by atoms with Gasteiger partial charge in [0.05, 0.1) is 0 Å². The Balaban J connectivity index is 2.77. The largest absolute Gasteiger partial charge is 0.294 e. The van der Waals surface area contributed by atoms with E-state index in [-0.39, 0.29) is 0 Å². The molecule has 16 heavy (non-hydrogen) atoms. The zero-order valence-corrected chi connectivity index (χ0v) is 9.95. The van der Waals surface area contributed by atoms with Crippen LogP contribution in [0.2, 0.25) is 0 Å². The summed E-state index contributed by atoms with van der Waals surface area (Å²) in [5.41, 5.74) is 1.93. The fourth-order valence-electron chi connectivity index (χ4n) is 2.04. The summed E-state index contributed by atoms with van der Waals surface area (Å²) in [4.78, 5) is 5.07. The number of nitrogens with two attached hydrogens (primary N) is 1. The summed E-state index contributed by atoms with van der Waals surface area (Å²) >= 11 is 0. The van der Waals surface area contributed by atoms with Crippen molar-refractivity contribution in [2.75, 3.05) is 0 Å². The first-order chi connectivity index (χ1) is 7.56. The molecule has 0 saturated heterocycles. The molecule has 2 nitrogen and oxygen atoms in total. The van der Waals surface area contributed by atoms with Gasteiger partial charge in [0.1, 0.15) is 5.60 Å². The molecule has 0 spiro atoms. The van der Waals surface area contributed by atoms with Crippen molar-refractivity contribution in [1.82, 2.24) is 0 Å². The number of fused-ring (bicyclic) bond motifs is 1. The second kappa shape index (κ2) is 3.89. The van der Waals surface area contributed by atoms with Crippen LogP contribution < -0.4 is 5.90 Å². The molecular weight excluding hydrogens is 198 g/mol. The molecule has 2 N–H and O–H groups in total. The highest BCUT2D eigenvalue weighted by Gasteiger charge is 2.22. The maximum absolute atomic E-state index is 5.37. The third-order valence-electron chi connectivity index (χ3n) is 3.09. The fraction of sp³-hybridized carbons (Fsp3) is 0.286. The summed E-state index contributed by atoms with van der Waals surface area (Å²) in [5.74, 6) is 5.37. The van der Waals surface area contributed by atoms with Gasteiger partial charge in [-0.15, -0.1) is 0 Å². The van der Waals surface area contributed by atoms with Crippen LogP contribution in [0.1, 0.15) is 25.0 Å². The van der Waals surface area contributed by atoms with Crippen molar-refractivity contribution in [1.29, 1.82) is 0 Å². The Hall–Kier alpha value is -1.38. The normalized spacial score (nSPS) is 12.0. The number of hydrogen-bond acceptors (Lipinski definition) is 2. The van der Waals surface area contributed by atoms with E-state index in [1.54, 1.807) is 0 Å². The van der Waals surface area contributed by atoms with E-state index in [2.05, 4.69) is 37.3 Å². The lowest BCUT2D eigenvalue weighted by atomic mass is 9.91.